The van der Waals surface area contributed by atoms with Crippen molar-refractivity contribution >= 4 is 42.6 Å². The van der Waals surface area contributed by atoms with Crippen LogP contribution in [0.4, 0.5) is 0 Å². The van der Waals surface area contributed by atoms with Crippen LogP contribution in [0.15, 0.2) is 63.5 Å². The van der Waals surface area contributed by atoms with Crippen LogP contribution in [0.5, 0.6) is 11.5 Å². The van der Waals surface area contributed by atoms with Crippen LogP contribution in [-0.4, -0.2) is 0 Å². The lowest BCUT2D eigenvalue weighted by atomic mass is 10.1. The molecule has 0 atom stereocenters. The lowest BCUT2D eigenvalue weighted by Crippen LogP contribution is -1.88. The van der Waals surface area contributed by atoms with E-state index in [2.05, 4.69) is 44.0 Å². The Balaban J connectivity index is 2.04. The van der Waals surface area contributed by atoms with Crippen molar-refractivity contribution in [3.8, 4) is 17.6 Å². The molecular formula is C17H9Br2NO. The summed E-state index contributed by atoms with van der Waals surface area (Å²) in [5, 5.41) is 11.2. The number of hydrogen-bond donors (Lipinski definition) is 0. The maximum absolute atomic E-state index is 9.01. The average molecular weight is 403 g/mol. The lowest BCUT2D eigenvalue weighted by molar-refractivity contribution is 0.480. The summed E-state index contributed by atoms with van der Waals surface area (Å²) < 4.78 is 7.63. The average Bonchev–Trinajstić information content (AvgIpc) is 2.50. The van der Waals surface area contributed by atoms with Crippen molar-refractivity contribution in [2.45, 2.75) is 0 Å². The van der Waals surface area contributed by atoms with E-state index >= 15 is 0 Å². The first kappa shape index (κ1) is 14.1. The van der Waals surface area contributed by atoms with E-state index < -0.39 is 0 Å². The predicted octanol–water partition coefficient (Wildman–Crippen LogP) is 6.03. The number of ether oxygens (including phenoxy) is 1. The molecule has 2 nitrogen and oxygen atoms in total. The zero-order valence-electron chi connectivity index (χ0n) is 10.8. The second-order valence-electron chi connectivity index (χ2n) is 4.49. The molecule has 0 radical (unpaired) electrons. The van der Waals surface area contributed by atoms with E-state index in [4.69, 9.17) is 10.00 Å². The van der Waals surface area contributed by atoms with Gasteiger partial charge in [-0.2, -0.15) is 5.26 Å². The van der Waals surface area contributed by atoms with Gasteiger partial charge >= 0.3 is 0 Å². The number of fused-ring (bicyclic) bond motifs is 1. The van der Waals surface area contributed by atoms with E-state index in [-0.39, 0.29) is 0 Å². The first-order chi connectivity index (χ1) is 10.2. The van der Waals surface area contributed by atoms with Gasteiger partial charge in [-0.1, -0.05) is 46.3 Å². The van der Waals surface area contributed by atoms with Crippen LogP contribution in [0.2, 0.25) is 0 Å². The molecule has 0 saturated carbocycles. The second-order valence-corrected chi connectivity index (χ2v) is 6.20. The molecule has 0 amide bonds. The van der Waals surface area contributed by atoms with Gasteiger partial charge in [0.15, 0.2) is 0 Å². The summed E-state index contributed by atoms with van der Waals surface area (Å²) in [4.78, 5) is 0. The molecule has 21 heavy (non-hydrogen) atoms. The summed E-state index contributed by atoms with van der Waals surface area (Å²) in [6, 6.07) is 19.4. The van der Waals surface area contributed by atoms with E-state index in [1.54, 1.807) is 12.1 Å². The number of nitrogens with zero attached hydrogens (tertiary/aromatic N) is 1. The third kappa shape index (κ3) is 2.94. The minimum Gasteiger partial charge on any atom is -0.456 e. The molecule has 102 valence electrons. The Bertz CT molecular complexity index is 868. The summed E-state index contributed by atoms with van der Waals surface area (Å²) in [5.41, 5.74) is 0.552. The quantitative estimate of drug-likeness (QED) is 0.524. The number of benzene rings is 3. The predicted molar refractivity (Wildman–Crippen MR) is 90.6 cm³/mol. The van der Waals surface area contributed by atoms with Crippen LogP contribution < -0.4 is 4.74 Å². The van der Waals surface area contributed by atoms with E-state index in [0.29, 0.717) is 11.3 Å². The minimum atomic E-state index is 0.552. The molecule has 3 rings (SSSR count). The van der Waals surface area contributed by atoms with E-state index in [9.17, 15) is 0 Å². The summed E-state index contributed by atoms with van der Waals surface area (Å²) in [6.45, 7) is 0. The van der Waals surface area contributed by atoms with Gasteiger partial charge in [0.05, 0.1) is 16.1 Å². The zero-order chi connectivity index (χ0) is 14.8. The van der Waals surface area contributed by atoms with Crippen molar-refractivity contribution in [2.24, 2.45) is 0 Å². The lowest BCUT2D eigenvalue weighted by Gasteiger charge is -2.10. The van der Waals surface area contributed by atoms with Crippen LogP contribution in [-0.2, 0) is 0 Å². The fourth-order valence-corrected chi connectivity index (χ4v) is 3.15. The largest absolute Gasteiger partial charge is 0.456 e. The van der Waals surface area contributed by atoms with Gasteiger partial charge in [-0.05, 0) is 51.0 Å². The van der Waals surface area contributed by atoms with Crippen LogP contribution in [0.1, 0.15) is 5.56 Å². The Morgan fingerprint density at radius 1 is 0.952 bits per heavy atom. The molecule has 0 aliphatic heterocycles. The van der Waals surface area contributed by atoms with Crippen molar-refractivity contribution in [3.05, 3.63) is 69.1 Å². The third-order valence-electron chi connectivity index (χ3n) is 3.06. The van der Waals surface area contributed by atoms with Gasteiger partial charge < -0.3 is 4.74 Å². The maximum Gasteiger partial charge on any atom is 0.142 e. The normalized spacial score (nSPS) is 10.3. The molecule has 0 heterocycles. The van der Waals surface area contributed by atoms with Crippen LogP contribution in [0.25, 0.3) is 10.8 Å². The van der Waals surface area contributed by atoms with Crippen molar-refractivity contribution in [3.63, 3.8) is 0 Å². The highest BCUT2D eigenvalue weighted by Gasteiger charge is 2.08. The topological polar surface area (TPSA) is 33.0 Å². The van der Waals surface area contributed by atoms with E-state index in [1.807, 2.05) is 36.4 Å². The highest BCUT2D eigenvalue weighted by molar-refractivity contribution is 9.11. The maximum atomic E-state index is 9.01. The van der Waals surface area contributed by atoms with Gasteiger partial charge in [0.1, 0.15) is 11.5 Å². The molecule has 0 aliphatic rings. The van der Waals surface area contributed by atoms with Crippen molar-refractivity contribution in [1.82, 2.24) is 0 Å². The number of rotatable bonds is 2. The molecule has 4 heteroatoms. The van der Waals surface area contributed by atoms with Gasteiger partial charge in [-0.15, -0.1) is 0 Å². The van der Waals surface area contributed by atoms with Gasteiger partial charge in [-0.3, -0.25) is 0 Å². The van der Waals surface area contributed by atoms with Crippen molar-refractivity contribution in [2.75, 3.05) is 0 Å². The van der Waals surface area contributed by atoms with Crippen LogP contribution in [0, 0.1) is 11.3 Å². The fraction of sp³-hybridized carbons (Fsp3) is 0. The molecule has 0 saturated heterocycles. The van der Waals surface area contributed by atoms with E-state index in [0.717, 1.165) is 25.5 Å². The molecule has 0 spiro atoms. The van der Waals surface area contributed by atoms with Gasteiger partial charge in [0.2, 0.25) is 0 Å². The Morgan fingerprint density at radius 2 is 1.76 bits per heavy atom. The van der Waals surface area contributed by atoms with Gasteiger partial charge in [-0.25, -0.2) is 0 Å². The molecule has 3 aromatic carbocycles. The van der Waals surface area contributed by atoms with Crippen molar-refractivity contribution in [1.29, 1.82) is 5.26 Å². The highest BCUT2D eigenvalue weighted by atomic mass is 79.9. The van der Waals surface area contributed by atoms with Crippen LogP contribution >= 0.6 is 31.9 Å². The Hall–Kier alpha value is -1.83. The van der Waals surface area contributed by atoms with Crippen LogP contribution in [0.3, 0.4) is 0 Å². The fourth-order valence-electron chi connectivity index (χ4n) is 2.11. The van der Waals surface area contributed by atoms with E-state index in [1.165, 1.54) is 0 Å². The monoisotopic (exact) mass is 401 g/mol. The molecule has 0 bridgehead atoms. The SMILES string of the molecule is N#Cc1cc(Br)cc(Oc2ccc3ccccc3c2Br)c1. The number of nitriles is 1. The minimum absolute atomic E-state index is 0.552. The van der Waals surface area contributed by atoms with Gasteiger partial charge in [0.25, 0.3) is 0 Å². The summed E-state index contributed by atoms with van der Waals surface area (Å²) in [6.07, 6.45) is 0. The smallest absolute Gasteiger partial charge is 0.142 e. The van der Waals surface area contributed by atoms with Crippen molar-refractivity contribution < 1.29 is 4.74 Å². The molecule has 0 unspecified atom stereocenters. The molecular weight excluding hydrogens is 394 g/mol. The Morgan fingerprint density at radius 3 is 2.57 bits per heavy atom. The zero-order valence-corrected chi connectivity index (χ0v) is 14.0. The molecule has 0 aromatic heterocycles. The second kappa shape index (κ2) is 5.88. The highest BCUT2D eigenvalue weighted by Crippen LogP contribution is 2.36. The first-order valence-corrected chi connectivity index (χ1v) is 7.82. The molecule has 3 aromatic rings. The first-order valence-electron chi connectivity index (χ1n) is 6.23. The number of hydrogen-bond acceptors (Lipinski definition) is 2. The molecule has 0 aliphatic carbocycles. The molecule has 0 N–H and O–H groups in total. The standard InChI is InChI=1S/C17H9Br2NO/c18-13-7-11(10-20)8-14(9-13)21-16-6-5-12-3-1-2-4-15(12)17(16)19/h1-9H. The Kier molecular flexibility index (Phi) is 3.96. The summed E-state index contributed by atoms with van der Waals surface area (Å²) >= 11 is 6.97. The van der Waals surface area contributed by atoms with Gasteiger partial charge in [0, 0.05) is 4.47 Å². The Labute approximate surface area is 139 Å². The summed E-state index contributed by atoms with van der Waals surface area (Å²) in [5.74, 6) is 1.34. The third-order valence-corrected chi connectivity index (χ3v) is 4.33. The summed E-state index contributed by atoms with van der Waals surface area (Å²) in [7, 11) is 0. The number of halogens is 2. The molecule has 0 fully saturated rings.